The van der Waals surface area contributed by atoms with Crippen molar-refractivity contribution in [1.29, 1.82) is 0 Å². The van der Waals surface area contributed by atoms with Crippen molar-refractivity contribution in [1.82, 2.24) is 9.88 Å². The molecule has 0 radical (unpaired) electrons. The Morgan fingerprint density at radius 3 is 2.85 bits per heavy atom. The van der Waals surface area contributed by atoms with E-state index >= 15 is 0 Å². The van der Waals surface area contributed by atoms with E-state index in [4.69, 9.17) is 4.74 Å². The molecule has 0 amide bonds. The summed E-state index contributed by atoms with van der Waals surface area (Å²) in [5, 5.41) is 2.05. The number of ether oxygens (including phenoxy) is 1. The van der Waals surface area contributed by atoms with Gasteiger partial charge in [-0.1, -0.05) is 22.0 Å². The van der Waals surface area contributed by atoms with E-state index in [1.54, 1.807) is 23.5 Å². The van der Waals surface area contributed by atoms with Crippen LogP contribution in [0.15, 0.2) is 33.6 Å². The van der Waals surface area contributed by atoms with Crippen LogP contribution in [-0.2, 0) is 17.8 Å². The second-order valence-electron chi connectivity index (χ2n) is 4.45. The van der Waals surface area contributed by atoms with Crippen LogP contribution >= 0.6 is 27.3 Å². The minimum Gasteiger partial charge on any atom is -0.465 e. The summed E-state index contributed by atoms with van der Waals surface area (Å²) in [6.45, 7) is 1.58. The highest BCUT2D eigenvalue weighted by atomic mass is 79.9. The van der Waals surface area contributed by atoms with Crippen molar-refractivity contribution in [2.24, 2.45) is 0 Å². The zero-order valence-corrected chi connectivity index (χ0v) is 13.7. The molecule has 2 rings (SSSR count). The molecule has 0 atom stereocenters. The fourth-order valence-corrected chi connectivity index (χ4v) is 2.91. The highest BCUT2D eigenvalue weighted by molar-refractivity contribution is 9.10. The number of aromatic nitrogens is 1. The Kier molecular flexibility index (Phi) is 5.28. The molecule has 1 aromatic carbocycles. The van der Waals surface area contributed by atoms with Crippen LogP contribution in [0.3, 0.4) is 0 Å². The van der Waals surface area contributed by atoms with Crippen molar-refractivity contribution in [3.8, 4) is 0 Å². The lowest BCUT2D eigenvalue weighted by Crippen LogP contribution is -2.17. The Labute approximate surface area is 130 Å². The number of nitrogens with zero attached hydrogens (tertiary/aromatic N) is 2. The monoisotopic (exact) mass is 354 g/mol. The molecule has 2 aromatic rings. The lowest BCUT2D eigenvalue weighted by Gasteiger charge is -2.16. The van der Waals surface area contributed by atoms with Gasteiger partial charge >= 0.3 is 5.97 Å². The van der Waals surface area contributed by atoms with E-state index in [1.165, 1.54) is 7.11 Å². The summed E-state index contributed by atoms with van der Waals surface area (Å²) in [6, 6.07) is 5.51. The maximum absolute atomic E-state index is 11.5. The van der Waals surface area contributed by atoms with Gasteiger partial charge in [0.05, 0.1) is 23.9 Å². The van der Waals surface area contributed by atoms with E-state index in [-0.39, 0.29) is 5.97 Å². The van der Waals surface area contributed by atoms with Gasteiger partial charge in [0.25, 0.3) is 0 Å². The average molecular weight is 355 g/mol. The van der Waals surface area contributed by atoms with E-state index < -0.39 is 0 Å². The third-order valence-electron chi connectivity index (χ3n) is 2.83. The number of rotatable bonds is 5. The van der Waals surface area contributed by atoms with Gasteiger partial charge in [0.2, 0.25) is 0 Å². The van der Waals surface area contributed by atoms with E-state index in [2.05, 4.69) is 25.8 Å². The van der Waals surface area contributed by atoms with Crippen LogP contribution in [0, 0.1) is 0 Å². The summed E-state index contributed by atoms with van der Waals surface area (Å²) in [5.41, 5.74) is 4.57. The molecule has 4 nitrogen and oxygen atoms in total. The fourth-order valence-electron chi connectivity index (χ4n) is 1.86. The SMILES string of the molecule is COC(=O)c1ccc(CN(C)Cc2cscn2)c(Br)c1. The zero-order valence-electron chi connectivity index (χ0n) is 11.3. The van der Waals surface area contributed by atoms with Gasteiger partial charge in [0, 0.05) is 22.9 Å². The summed E-state index contributed by atoms with van der Waals surface area (Å²) in [6.07, 6.45) is 0. The van der Waals surface area contributed by atoms with E-state index in [0.717, 1.165) is 28.8 Å². The predicted octanol–water partition coefficient (Wildman–Crippen LogP) is 3.32. The standard InChI is InChI=1S/C14H15BrN2O2S/c1-17(7-12-8-20-9-16-12)6-11-4-3-10(5-13(11)15)14(18)19-2/h3-5,8-9H,6-7H2,1-2H3. The molecular weight excluding hydrogens is 340 g/mol. The van der Waals surface area contributed by atoms with Crippen LogP contribution in [0.1, 0.15) is 21.6 Å². The molecule has 20 heavy (non-hydrogen) atoms. The number of carbonyl (C=O) groups excluding carboxylic acids is 1. The molecule has 0 fully saturated rings. The second kappa shape index (κ2) is 6.97. The fraction of sp³-hybridized carbons (Fsp3) is 0.286. The molecule has 0 aliphatic carbocycles. The largest absolute Gasteiger partial charge is 0.465 e. The van der Waals surface area contributed by atoms with E-state index in [9.17, 15) is 4.79 Å². The molecule has 6 heteroatoms. The maximum atomic E-state index is 11.5. The van der Waals surface area contributed by atoms with Gasteiger partial charge in [0.15, 0.2) is 0 Å². The topological polar surface area (TPSA) is 42.4 Å². The second-order valence-corrected chi connectivity index (χ2v) is 6.02. The predicted molar refractivity (Wildman–Crippen MR) is 82.8 cm³/mol. The Morgan fingerprint density at radius 1 is 1.45 bits per heavy atom. The number of benzene rings is 1. The van der Waals surface area contributed by atoms with Crippen LogP contribution in [0.5, 0.6) is 0 Å². The summed E-state index contributed by atoms with van der Waals surface area (Å²) in [5.74, 6) is -0.326. The lowest BCUT2D eigenvalue weighted by atomic mass is 10.1. The zero-order chi connectivity index (χ0) is 14.5. The van der Waals surface area contributed by atoms with Crippen LogP contribution < -0.4 is 0 Å². The van der Waals surface area contributed by atoms with Gasteiger partial charge in [-0.3, -0.25) is 4.90 Å². The maximum Gasteiger partial charge on any atom is 0.337 e. The summed E-state index contributed by atoms with van der Waals surface area (Å²) in [4.78, 5) is 17.9. The Hall–Kier alpha value is -1.24. The first-order chi connectivity index (χ1) is 9.60. The molecule has 0 N–H and O–H groups in total. The minimum absolute atomic E-state index is 0.326. The molecule has 0 spiro atoms. The van der Waals surface area contributed by atoms with Crippen molar-refractivity contribution < 1.29 is 9.53 Å². The van der Waals surface area contributed by atoms with Gasteiger partial charge in [-0.2, -0.15) is 0 Å². The molecule has 0 saturated carbocycles. The van der Waals surface area contributed by atoms with Gasteiger partial charge < -0.3 is 4.74 Å². The van der Waals surface area contributed by atoms with Gasteiger partial charge in [-0.25, -0.2) is 9.78 Å². The average Bonchev–Trinajstić information content (AvgIpc) is 2.93. The highest BCUT2D eigenvalue weighted by Gasteiger charge is 2.10. The first kappa shape index (κ1) is 15.2. The van der Waals surface area contributed by atoms with Crippen molar-refractivity contribution in [2.75, 3.05) is 14.2 Å². The van der Waals surface area contributed by atoms with Crippen molar-refractivity contribution >= 4 is 33.2 Å². The Bertz CT molecular complexity index is 587. The molecule has 0 aliphatic rings. The van der Waals surface area contributed by atoms with Crippen LogP contribution in [0.25, 0.3) is 0 Å². The third kappa shape index (κ3) is 3.88. The number of esters is 1. The number of hydrogen-bond acceptors (Lipinski definition) is 5. The van der Waals surface area contributed by atoms with Crippen LogP contribution in [-0.4, -0.2) is 30.0 Å². The number of methoxy groups -OCH3 is 1. The highest BCUT2D eigenvalue weighted by Crippen LogP contribution is 2.21. The number of hydrogen-bond donors (Lipinski definition) is 0. The summed E-state index contributed by atoms with van der Waals surface area (Å²) < 4.78 is 5.61. The minimum atomic E-state index is -0.326. The molecular formula is C14H15BrN2O2S. The number of carbonyl (C=O) groups is 1. The molecule has 0 bridgehead atoms. The molecule has 0 saturated heterocycles. The van der Waals surface area contributed by atoms with Crippen LogP contribution in [0.2, 0.25) is 0 Å². The van der Waals surface area contributed by atoms with E-state index in [1.807, 2.05) is 24.0 Å². The van der Waals surface area contributed by atoms with Crippen LogP contribution in [0.4, 0.5) is 0 Å². The molecule has 0 aliphatic heterocycles. The number of thiazole rings is 1. The van der Waals surface area contributed by atoms with Crippen molar-refractivity contribution in [3.63, 3.8) is 0 Å². The molecule has 0 unspecified atom stereocenters. The Balaban J connectivity index is 2.04. The lowest BCUT2D eigenvalue weighted by molar-refractivity contribution is 0.0600. The van der Waals surface area contributed by atoms with Gasteiger partial charge in [-0.15, -0.1) is 11.3 Å². The van der Waals surface area contributed by atoms with Gasteiger partial charge in [0.1, 0.15) is 0 Å². The third-order valence-corrected chi connectivity index (χ3v) is 4.20. The summed E-state index contributed by atoms with van der Waals surface area (Å²) >= 11 is 5.10. The van der Waals surface area contributed by atoms with Gasteiger partial charge in [-0.05, 0) is 24.7 Å². The first-order valence-corrected chi connectivity index (χ1v) is 7.76. The number of halogens is 1. The van der Waals surface area contributed by atoms with Crippen molar-refractivity contribution in [2.45, 2.75) is 13.1 Å². The molecule has 106 valence electrons. The normalized spacial score (nSPS) is 10.8. The summed E-state index contributed by atoms with van der Waals surface area (Å²) in [7, 11) is 3.42. The smallest absolute Gasteiger partial charge is 0.337 e. The molecule has 1 heterocycles. The Morgan fingerprint density at radius 2 is 2.25 bits per heavy atom. The first-order valence-electron chi connectivity index (χ1n) is 6.02. The van der Waals surface area contributed by atoms with E-state index in [0.29, 0.717) is 5.56 Å². The quantitative estimate of drug-likeness (QED) is 0.772. The van der Waals surface area contributed by atoms with Crippen molar-refractivity contribution in [3.05, 3.63) is 50.4 Å². The molecule has 1 aromatic heterocycles.